The van der Waals surface area contributed by atoms with Gasteiger partial charge < -0.3 is 10.5 Å². The average molecular weight is 291 g/mol. The summed E-state index contributed by atoms with van der Waals surface area (Å²) in [6.45, 7) is 4.44. The summed E-state index contributed by atoms with van der Waals surface area (Å²) in [6.07, 6.45) is 4.33. The first-order chi connectivity index (χ1) is 9.56. The van der Waals surface area contributed by atoms with Gasteiger partial charge in [-0.1, -0.05) is 17.7 Å². The van der Waals surface area contributed by atoms with Gasteiger partial charge >= 0.3 is 0 Å². The van der Waals surface area contributed by atoms with Gasteiger partial charge in [0.15, 0.2) is 0 Å². The molecule has 2 aromatic rings. The highest BCUT2D eigenvalue weighted by Gasteiger charge is 2.10. The van der Waals surface area contributed by atoms with E-state index < -0.39 is 0 Å². The quantitative estimate of drug-likeness (QED) is 0.916. The zero-order chi connectivity index (χ0) is 14.5. The third kappa shape index (κ3) is 3.95. The average Bonchev–Trinajstić information content (AvgIpc) is 2.39. The highest BCUT2D eigenvalue weighted by molar-refractivity contribution is 6.31. The second-order valence-electron chi connectivity index (χ2n) is 5.06. The minimum Gasteiger partial charge on any atom is -0.489 e. The van der Waals surface area contributed by atoms with E-state index in [4.69, 9.17) is 22.1 Å². The number of aryl methyl sites for hydroxylation is 1. The maximum absolute atomic E-state index is 6.23. The third-order valence-corrected chi connectivity index (χ3v) is 3.28. The van der Waals surface area contributed by atoms with Crippen LogP contribution in [0.15, 0.2) is 36.7 Å². The van der Waals surface area contributed by atoms with Crippen LogP contribution in [-0.2, 0) is 13.0 Å². The second kappa shape index (κ2) is 6.73. The summed E-state index contributed by atoms with van der Waals surface area (Å²) in [5.74, 6) is 0.788. The van der Waals surface area contributed by atoms with Crippen molar-refractivity contribution in [2.24, 2.45) is 5.73 Å². The van der Waals surface area contributed by atoms with Crippen LogP contribution in [0.5, 0.6) is 5.75 Å². The number of benzene rings is 1. The van der Waals surface area contributed by atoms with Crippen molar-refractivity contribution in [1.82, 2.24) is 4.98 Å². The van der Waals surface area contributed by atoms with Crippen molar-refractivity contribution >= 4 is 11.6 Å². The van der Waals surface area contributed by atoms with E-state index in [1.807, 2.05) is 44.4 Å². The molecule has 0 aliphatic rings. The SMILES string of the molecule is Cc1cncc(COc2cccc(Cl)c2CC(C)N)c1. The summed E-state index contributed by atoms with van der Waals surface area (Å²) >= 11 is 6.23. The predicted molar refractivity (Wildman–Crippen MR) is 82.1 cm³/mol. The lowest BCUT2D eigenvalue weighted by atomic mass is 10.1. The number of nitrogens with zero attached hydrogens (tertiary/aromatic N) is 1. The van der Waals surface area contributed by atoms with Gasteiger partial charge in [-0.3, -0.25) is 4.98 Å². The van der Waals surface area contributed by atoms with Crippen molar-refractivity contribution < 1.29 is 4.74 Å². The van der Waals surface area contributed by atoms with Crippen LogP contribution in [0.4, 0.5) is 0 Å². The molecule has 4 heteroatoms. The van der Waals surface area contributed by atoms with Crippen LogP contribution < -0.4 is 10.5 Å². The number of hydrogen-bond donors (Lipinski definition) is 1. The van der Waals surface area contributed by atoms with Crippen molar-refractivity contribution in [2.75, 3.05) is 0 Å². The van der Waals surface area contributed by atoms with Gasteiger partial charge in [-0.15, -0.1) is 0 Å². The molecule has 1 atom stereocenters. The molecule has 1 aromatic heterocycles. The Morgan fingerprint density at radius 3 is 2.85 bits per heavy atom. The lowest BCUT2D eigenvalue weighted by Gasteiger charge is -2.14. The number of ether oxygens (including phenoxy) is 1. The molecule has 0 aliphatic heterocycles. The van der Waals surface area contributed by atoms with Crippen molar-refractivity contribution in [3.8, 4) is 5.75 Å². The summed E-state index contributed by atoms with van der Waals surface area (Å²) in [5.41, 5.74) is 8.99. The number of rotatable bonds is 5. The van der Waals surface area contributed by atoms with E-state index >= 15 is 0 Å². The molecule has 0 saturated carbocycles. The van der Waals surface area contributed by atoms with Crippen molar-refractivity contribution in [1.29, 1.82) is 0 Å². The van der Waals surface area contributed by atoms with E-state index in [0.29, 0.717) is 18.1 Å². The minimum absolute atomic E-state index is 0.0397. The van der Waals surface area contributed by atoms with Crippen LogP contribution in [0.2, 0.25) is 5.02 Å². The first-order valence-corrected chi connectivity index (χ1v) is 7.00. The van der Waals surface area contributed by atoms with Crippen LogP contribution >= 0.6 is 11.6 Å². The van der Waals surface area contributed by atoms with Crippen molar-refractivity contribution in [3.63, 3.8) is 0 Å². The molecule has 0 aliphatic carbocycles. The summed E-state index contributed by atoms with van der Waals surface area (Å²) in [5, 5.41) is 0.696. The molecule has 20 heavy (non-hydrogen) atoms. The standard InChI is InChI=1S/C16H19ClN2O/c1-11-6-13(9-19-8-11)10-20-16-5-3-4-15(17)14(16)7-12(2)18/h3-6,8-9,12H,7,10,18H2,1-2H3. The van der Waals surface area contributed by atoms with Gasteiger partial charge in [-0.05, 0) is 44.0 Å². The smallest absolute Gasteiger partial charge is 0.124 e. The Morgan fingerprint density at radius 2 is 2.15 bits per heavy atom. The van der Waals surface area contributed by atoms with E-state index in [-0.39, 0.29) is 6.04 Å². The highest BCUT2D eigenvalue weighted by atomic mass is 35.5. The number of halogens is 1. The molecule has 0 spiro atoms. The molecule has 3 nitrogen and oxygen atoms in total. The van der Waals surface area contributed by atoms with Gasteiger partial charge in [0.2, 0.25) is 0 Å². The Kier molecular flexibility index (Phi) is 4.99. The van der Waals surface area contributed by atoms with Gasteiger partial charge in [-0.25, -0.2) is 0 Å². The predicted octanol–water partition coefficient (Wildman–Crippen LogP) is 3.51. The van der Waals surface area contributed by atoms with E-state index in [1.54, 1.807) is 0 Å². The van der Waals surface area contributed by atoms with Gasteiger partial charge in [0, 0.05) is 34.6 Å². The Bertz CT molecular complexity index is 584. The maximum Gasteiger partial charge on any atom is 0.124 e. The Balaban J connectivity index is 2.15. The molecule has 0 bridgehead atoms. The van der Waals surface area contributed by atoms with Crippen LogP contribution in [0.25, 0.3) is 0 Å². The number of aromatic nitrogens is 1. The molecular weight excluding hydrogens is 272 g/mol. The van der Waals surface area contributed by atoms with Crippen molar-refractivity contribution in [2.45, 2.75) is 32.9 Å². The summed E-state index contributed by atoms with van der Waals surface area (Å²) in [6, 6.07) is 7.77. The molecule has 0 fully saturated rings. The first-order valence-electron chi connectivity index (χ1n) is 6.62. The van der Waals surface area contributed by atoms with Gasteiger partial charge in [-0.2, -0.15) is 0 Å². The fraction of sp³-hybridized carbons (Fsp3) is 0.312. The molecule has 2 N–H and O–H groups in total. The van der Waals surface area contributed by atoms with Gasteiger partial charge in [0.25, 0.3) is 0 Å². The summed E-state index contributed by atoms with van der Waals surface area (Å²) in [7, 11) is 0. The fourth-order valence-electron chi connectivity index (χ4n) is 2.05. The van der Waals surface area contributed by atoms with E-state index in [2.05, 4.69) is 11.1 Å². The monoisotopic (exact) mass is 290 g/mol. The molecule has 106 valence electrons. The van der Waals surface area contributed by atoms with Crippen molar-refractivity contribution in [3.05, 3.63) is 58.4 Å². The van der Waals surface area contributed by atoms with Crippen LogP contribution in [0.1, 0.15) is 23.6 Å². The van der Waals surface area contributed by atoms with E-state index in [1.165, 1.54) is 0 Å². The molecule has 0 amide bonds. The van der Waals surface area contributed by atoms with E-state index in [0.717, 1.165) is 22.4 Å². The lowest BCUT2D eigenvalue weighted by molar-refractivity contribution is 0.302. The summed E-state index contributed by atoms with van der Waals surface area (Å²) in [4.78, 5) is 4.16. The van der Waals surface area contributed by atoms with E-state index in [9.17, 15) is 0 Å². The first kappa shape index (κ1) is 14.8. The number of nitrogens with two attached hydrogens (primary N) is 1. The lowest BCUT2D eigenvalue weighted by Crippen LogP contribution is -2.18. The number of pyridine rings is 1. The topological polar surface area (TPSA) is 48.1 Å². The molecule has 0 saturated heterocycles. The zero-order valence-corrected chi connectivity index (χ0v) is 12.5. The van der Waals surface area contributed by atoms with Crippen LogP contribution in [0.3, 0.4) is 0 Å². The third-order valence-electron chi connectivity index (χ3n) is 2.93. The second-order valence-corrected chi connectivity index (χ2v) is 5.46. The molecule has 2 rings (SSSR count). The maximum atomic E-state index is 6.23. The fourth-order valence-corrected chi connectivity index (χ4v) is 2.29. The molecule has 1 unspecified atom stereocenters. The Labute approximate surface area is 124 Å². The molecule has 1 aromatic carbocycles. The minimum atomic E-state index is 0.0397. The normalized spacial score (nSPS) is 12.2. The highest BCUT2D eigenvalue weighted by Crippen LogP contribution is 2.28. The number of hydrogen-bond acceptors (Lipinski definition) is 3. The van der Waals surface area contributed by atoms with Crippen LogP contribution in [0, 0.1) is 6.92 Å². The van der Waals surface area contributed by atoms with Gasteiger partial charge in [0.05, 0.1) is 0 Å². The Hall–Kier alpha value is -1.58. The van der Waals surface area contributed by atoms with Crippen LogP contribution in [-0.4, -0.2) is 11.0 Å². The van der Waals surface area contributed by atoms with Gasteiger partial charge in [0.1, 0.15) is 12.4 Å². The largest absolute Gasteiger partial charge is 0.489 e. The molecule has 0 radical (unpaired) electrons. The molecular formula is C16H19ClN2O. The summed E-state index contributed by atoms with van der Waals surface area (Å²) < 4.78 is 5.88. The zero-order valence-electron chi connectivity index (χ0n) is 11.8. The Morgan fingerprint density at radius 1 is 1.35 bits per heavy atom. The molecule has 1 heterocycles.